The van der Waals surface area contributed by atoms with E-state index in [0.29, 0.717) is 11.3 Å². The summed E-state index contributed by atoms with van der Waals surface area (Å²) in [5.41, 5.74) is 1.97. The van der Waals surface area contributed by atoms with Crippen molar-refractivity contribution < 1.29 is 4.92 Å². The maximum Gasteiger partial charge on any atom is 0.293 e. The number of piperazine rings is 1. The number of nitro groups is 1. The quantitative estimate of drug-likeness (QED) is 0.626. The van der Waals surface area contributed by atoms with Crippen LogP contribution in [0.3, 0.4) is 0 Å². The number of thiazole rings is 1. The first-order valence-corrected chi connectivity index (χ1v) is 8.51. The maximum atomic E-state index is 11.3. The van der Waals surface area contributed by atoms with E-state index in [2.05, 4.69) is 15.3 Å². The number of hydrogen-bond acceptors (Lipinski definition) is 7. The molecule has 0 aliphatic carbocycles. The van der Waals surface area contributed by atoms with E-state index >= 15 is 0 Å². The Labute approximate surface area is 143 Å². The van der Waals surface area contributed by atoms with Gasteiger partial charge < -0.3 is 4.90 Å². The smallest absolute Gasteiger partial charge is 0.293 e. The Bertz CT molecular complexity index is 790. The number of nitro benzene ring substituents is 1. The SMILES string of the molecule is Cc1nc(CN2CCN(c3ccc(C#N)cc3[N+](=O)[O-])CC2)cs1. The monoisotopic (exact) mass is 343 g/mol. The molecule has 2 heterocycles. The van der Waals surface area contributed by atoms with Gasteiger partial charge in [0.15, 0.2) is 0 Å². The van der Waals surface area contributed by atoms with Crippen LogP contribution >= 0.6 is 11.3 Å². The van der Waals surface area contributed by atoms with Crippen LogP contribution in [0.2, 0.25) is 0 Å². The Morgan fingerprint density at radius 1 is 1.38 bits per heavy atom. The molecule has 1 aliphatic heterocycles. The van der Waals surface area contributed by atoms with E-state index < -0.39 is 4.92 Å². The minimum absolute atomic E-state index is 0.00220. The molecule has 3 rings (SSSR count). The first-order valence-electron chi connectivity index (χ1n) is 7.63. The highest BCUT2D eigenvalue weighted by Gasteiger charge is 2.24. The number of aromatic nitrogens is 1. The molecule has 8 heteroatoms. The zero-order valence-corrected chi connectivity index (χ0v) is 14.1. The molecule has 0 bridgehead atoms. The summed E-state index contributed by atoms with van der Waals surface area (Å²) >= 11 is 1.65. The molecule has 1 aliphatic rings. The maximum absolute atomic E-state index is 11.3. The molecule has 0 N–H and O–H groups in total. The number of nitriles is 1. The van der Waals surface area contributed by atoms with Gasteiger partial charge in [-0.2, -0.15) is 5.26 Å². The fourth-order valence-corrected chi connectivity index (χ4v) is 3.47. The van der Waals surface area contributed by atoms with E-state index in [1.54, 1.807) is 23.5 Å². The average Bonchev–Trinajstić information content (AvgIpc) is 3.00. The normalized spacial score (nSPS) is 15.2. The highest BCUT2D eigenvalue weighted by molar-refractivity contribution is 7.09. The third kappa shape index (κ3) is 3.53. The highest BCUT2D eigenvalue weighted by Crippen LogP contribution is 2.30. The number of rotatable bonds is 4. The minimum Gasteiger partial charge on any atom is -0.363 e. The van der Waals surface area contributed by atoms with Crippen molar-refractivity contribution in [2.75, 3.05) is 31.1 Å². The van der Waals surface area contributed by atoms with Crippen LogP contribution in [0.4, 0.5) is 11.4 Å². The summed E-state index contributed by atoms with van der Waals surface area (Å²) in [5.74, 6) is 0. The Morgan fingerprint density at radius 2 is 2.12 bits per heavy atom. The lowest BCUT2D eigenvalue weighted by molar-refractivity contribution is -0.384. The van der Waals surface area contributed by atoms with Gasteiger partial charge in [0.1, 0.15) is 5.69 Å². The van der Waals surface area contributed by atoms with E-state index in [4.69, 9.17) is 5.26 Å². The van der Waals surface area contributed by atoms with Crippen LogP contribution in [-0.4, -0.2) is 41.0 Å². The molecule has 2 aromatic rings. The van der Waals surface area contributed by atoms with E-state index in [-0.39, 0.29) is 5.69 Å². The predicted octanol–water partition coefficient (Wildman–Crippen LogP) is 2.55. The van der Waals surface area contributed by atoms with Gasteiger partial charge in [-0.25, -0.2) is 4.98 Å². The summed E-state index contributed by atoms with van der Waals surface area (Å²) in [4.78, 5) is 19.7. The molecule has 1 aromatic heterocycles. The third-order valence-corrected chi connectivity index (χ3v) is 4.89. The van der Waals surface area contributed by atoms with Gasteiger partial charge in [-0.3, -0.25) is 15.0 Å². The van der Waals surface area contributed by atoms with Crippen molar-refractivity contribution in [3.05, 3.63) is 50.0 Å². The van der Waals surface area contributed by atoms with Gasteiger partial charge in [-0.15, -0.1) is 11.3 Å². The van der Waals surface area contributed by atoms with Crippen molar-refractivity contribution in [2.24, 2.45) is 0 Å². The fourth-order valence-electron chi connectivity index (χ4n) is 2.86. The van der Waals surface area contributed by atoms with Gasteiger partial charge >= 0.3 is 0 Å². The first kappa shape index (κ1) is 16.4. The molecule has 1 fully saturated rings. The van der Waals surface area contributed by atoms with Gasteiger partial charge in [0.2, 0.25) is 0 Å². The molecule has 0 amide bonds. The van der Waals surface area contributed by atoms with Gasteiger partial charge in [-0.1, -0.05) is 0 Å². The molecule has 24 heavy (non-hydrogen) atoms. The summed E-state index contributed by atoms with van der Waals surface area (Å²) in [6.07, 6.45) is 0. The summed E-state index contributed by atoms with van der Waals surface area (Å²) < 4.78 is 0. The van der Waals surface area contributed by atoms with Crippen LogP contribution in [0.5, 0.6) is 0 Å². The van der Waals surface area contributed by atoms with Crippen LogP contribution < -0.4 is 4.90 Å². The first-order chi connectivity index (χ1) is 11.6. The molecule has 0 radical (unpaired) electrons. The highest BCUT2D eigenvalue weighted by atomic mass is 32.1. The Morgan fingerprint density at radius 3 is 2.71 bits per heavy atom. The van der Waals surface area contributed by atoms with Crippen LogP contribution in [0.1, 0.15) is 16.3 Å². The molecule has 7 nitrogen and oxygen atoms in total. The van der Waals surface area contributed by atoms with E-state index in [1.165, 1.54) is 6.07 Å². The van der Waals surface area contributed by atoms with Crippen LogP contribution in [0.15, 0.2) is 23.6 Å². The molecule has 0 saturated carbocycles. The second-order valence-electron chi connectivity index (χ2n) is 5.69. The number of benzene rings is 1. The van der Waals surface area contributed by atoms with Crippen LogP contribution in [0.25, 0.3) is 0 Å². The van der Waals surface area contributed by atoms with E-state index in [9.17, 15) is 10.1 Å². The van der Waals surface area contributed by atoms with Crippen molar-refractivity contribution in [1.82, 2.24) is 9.88 Å². The Balaban J connectivity index is 1.68. The zero-order chi connectivity index (χ0) is 17.1. The van der Waals surface area contributed by atoms with Crippen molar-refractivity contribution in [1.29, 1.82) is 5.26 Å². The summed E-state index contributed by atoms with van der Waals surface area (Å²) in [5, 5.41) is 23.4. The Hall–Kier alpha value is -2.50. The van der Waals surface area contributed by atoms with Gasteiger partial charge in [0.05, 0.1) is 27.3 Å². The lowest BCUT2D eigenvalue weighted by Crippen LogP contribution is -2.46. The molecule has 0 atom stereocenters. The van der Waals surface area contributed by atoms with Crippen molar-refractivity contribution in [2.45, 2.75) is 13.5 Å². The minimum atomic E-state index is -0.416. The summed E-state index contributed by atoms with van der Waals surface area (Å²) in [6.45, 7) is 5.90. The zero-order valence-electron chi connectivity index (χ0n) is 13.3. The number of aryl methyl sites for hydroxylation is 1. The third-order valence-electron chi connectivity index (χ3n) is 4.07. The van der Waals surface area contributed by atoms with Crippen molar-refractivity contribution >= 4 is 22.7 Å². The second kappa shape index (κ2) is 6.95. The number of anilines is 1. The molecule has 124 valence electrons. The number of nitrogens with zero attached hydrogens (tertiary/aromatic N) is 5. The lowest BCUT2D eigenvalue weighted by atomic mass is 10.1. The summed E-state index contributed by atoms with van der Waals surface area (Å²) in [7, 11) is 0. The Kier molecular flexibility index (Phi) is 4.74. The molecular formula is C16H17N5O2S. The average molecular weight is 343 g/mol. The van der Waals surface area contributed by atoms with Crippen LogP contribution in [0, 0.1) is 28.4 Å². The molecule has 0 unspecified atom stereocenters. The molecule has 1 aromatic carbocycles. The van der Waals surface area contributed by atoms with Crippen molar-refractivity contribution in [3.8, 4) is 6.07 Å². The van der Waals surface area contributed by atoms with E-state index in [0.717, 1.165) is 43.4 Å². The standard InChI is InChI=1S/C16H17N5O2S/c1-12-18-14(11-24-12)10-19-4-6-20(7-5-19)15-3-2-13(9-17)8-16(15)21(22)23/h2-3,8,11H,4-7,10H2,1H3. The lowest BCUT2D eigenvalue weighted by Gasteiger charge is -2.35. The van der Waals surface area contributed by atoms with E-state index in [1.807, 2.05) is 17.9 Å². The van der Waals surface area contributed by atoms with Gasteiger partial charge in [0, 0.05) is 44.2 Å². The molecule has 1 saturated heterocycles. The topological polar surface area (TPSA) is 86.3 Å². The van der Waals surface area contributed by atoms with Gasteiger partial charge in [0.25, 0.3) is 5.69 Å². The molecular weight excluding hydrogens is 326 g/mol. The predicted molar refractivity (Wildman–Crippen MR) is 92.2 cm³/mol. The van der Waals surface area contributed by atoms with Crippen LogP contribution in [-0.2, 0) is 6.54 Å². The molecule has 0 spiro atoms. The van der Waals surface area contributed by atoms with Crippen molar-refractivity contribution in [3.63, 3.8) is 0 Å². The second-order valence-corrected chi connectivity index (χ2v) is 6.76. The van der Waals surface area contributed by atoms with Gasteiger partial charge in [-0.05, 0) is 19.1 Å². The summed E-state index contributed by atoms with van der Waals surface area (Å²) in [6, 6.07) is 6.61. The largest absolute Gasteiger partial charge is 0.363 e. The number of hydrogen-bond donors (Lipinski definition) is 0. The fraction of sp³-hybridized carbons (Fsp3) is 0.375.